The fourth-order valence-electron chi connectivity index (χ4n) is 1.53. The van der Waals surface area contributed by atoms with Crippen molar-refractivity contribution in [2.45, 2.75) is 13.3 Å². The second-order valence-electron chi connectivity index (χ2n) is 4.09. The van der Waals surface area contributed by atoms with E-state index in [1.165, 1.54) is 0 Å². The molecule has 0 aromatic heterocycles. The first kappa shape index (κ1) is 27.0. The second-order valence-corrected chi connectivity index (χ2v) is 4.09. The average Bonchev–Trinajstić information content (AvgIpc) is 2.14. The van der Waals surface area contributed by atoms with E-state index in [9.17, 15) is 10.0 Å². The van der Waals surface area contributed by atoms with Crippen molar-refractivity contribution in [1.29, 1.82) is 0 Å². The minimum Gasteiger partial charge on any atom is -1.00 e. The van der Waals surface area contributed by atoms with Gasteiger partial charge in [-0.15, -0.1) is 5.46 Å². The quantitative estimate of drug-likeness (QED) is 0.490. The number of hydrogen-bond acceptors (Lipinski definition) is 3. The van der Waals surface area contributed by atoms with Crippen molar-refractivity contribution < 1.29 is 27.0 Å². The Morgan fingerprint density at radius 2 is 1.63 bits per heavy atom. The molecule has 0 fully saturated rings. The van der Waals surface area contributed by atoms with E-state index in [1.54, 1.807) is 6.07 Å². The predicted octanol–water partition coefficient (Wildman–Crippen LogP) is -3.35. The minimum absolute atomic E-state index is 0. The molecule has 6 nitrogen and oxygen atoms in total. The summed E-state index contributed by atoms with van der Waals surface area (Å²) < 4.78 is 0. The van der Waals surface area contributed by atoms with Crippen LogP contribution in [0.25, 0.3) is 0 Å². The van der Waals surface area contributed by atoms with Crippen LogP contribution in [0.4, 0.5) is 0 Å². The molecule has 0 saturated heterocycles. The normalized spacial score (nSPS) is 8.53. The van der Waals surface area contributed by atoms with Gasteiger partial charge < -0.3 is 50.4 Å². The summed E-state index contributed by atoms with van der Waals surface area (Å²) >= 11 is 0. The average molecular weight is 339 g/mol. The summed E-state index contributed by atoms with van der Waals surface area (Å²) in [7, 11) is 2.07. The van der Waals surface area contributed by atoms with Crippen LogP contribution in [0.2, 0.25) is 0 Å². The zero-order valence-corrected chi connectivity index (χ0v) is 14.5. The number of aryl methyl sites for hydroxylation is 1. The number of benzene rings is 1. The van der Waals surface area contributed by atoms with Crippen LogP contribution in [-0.2, 0) is 6.42 Å². The van der Waals surface area contributed by atoms with Crippen LogP contribution in [0, 0.1) is 6.92 Å². The molecule has 0 spiro atoms. The smallest absolute Gasteiger partial charge is 0.00155 e. The molecule has 1 aromatic rings. The fourth-order valence-corrected chi connectivity index (χ4v) is 1.53. The van der Waals surface area contributed by atoms with Gasteiger partial charge >= 0.3 is 0 Å². The number of nitrogens with zero attached hydrogens (tertiary/aromatic N) is 1. The largest absolute Gasteiger partial charge is 1.00 e. The molecule has 0 saturated carbocycles. The Kier molecular flexibility index (Phi) is 17.8. The van der Waals surface area contributed by atoms with E-state index in [0.717, 1.165) is 24.1 Å². The lowest BCUT2D eigenvalue weighted by molar-refractivity contribution is -0.341. The highest BCUT2D eigenvalue weighted by molar-refractivity contribution is 6.55. The molecule has 19 heavy (non-hydrogen) atoms. The molecular formula is C11H28BBrN4O2. The molecule has 0 aliphatic carbocycles. The molecular weight excluding hydrogens is 311 g/mol. The van der Waals surface area contributed by atoms with Crippen molar-refractivity contribution in [1.82, 2.24) is 23.4 Å². The van der Waals surface area contributed by atoms with Gasteiger partial charge in [0.2, 0.25) is 0 Å². The highest BCUT2D eigenvalue weighted by Gasteiger charge is 2.01. The van der Waals surface area contributed by atoms with Crippen molar-refractivity contribution in [3.8, 4) is 0 Å². The third kappa shape index (κ3) is 9.12. The Labute approximate surface area is 126 Å². The number of halogens is 1. The summed E-state index contributed by atoms with van der Waals surface area (Å²) in [5.74, 6) is 0. The van der Waals surface area contributed by atoms with E-state index in [0.29, 0.717) is 5.46 Å². The molecule has 12 N–H and O–H groups in total. The van der Waals surface area contributed by atoms with E-state index >= 15 is 0 Å². The highest BCUT2D eigenvalue weighted by Crippen LogP contribution is 2.03. The van der Waals surface area contributed by atoms with Crippen LogP contribution in [0.1, 0.15) is 11.1 Å². The zero-order valence-electron chi connectivity index (χ0n) is 12.9. The van der Waals surface area contributed by atoms with Crippen molar-refractivity contribution in [3.63, 3.8) is 0 Å². The van der Waals surface area contributed by atoms with Crippen LogP contribution < -0.4 is 50.9 Å². The Bertz CT molecular complexity index is 340. The van der Waals surface area contributed by atoms with Gasteiger partial charge in [0.05, 0.1) is 0 Å². The van der Waals surface area contributed by atoms with Crippen LogP contribution in [0.3, 0.4) is 0 Å². The molecule has 0 radical (unpaired) electrons. The van der Waals surface area contributed by atoms with Gasteiger partial charge in [0, 0.05) is 6.54 Å². The summed E-state index contributed by atoms with van der Waals surface area (Å²) in [5, 5.41) is 21.9. The van der Waals surface area contributed by atoms with Crippen LogP contribution >= 0.6 is 0 Å². The second kappa shape index (κ2) is 12.6. The zero-order chi connectivity index (χ0) is 11.4. The molecule has 0 bridgehead atoms. The van der Waals surface area contributed by atoms with Gasteiger partial charge in [0.15, 0.2) is 0 Å². The van der Waals surface area contributed by atoms with E-state index < -0.39 is 7.12 Å². The standard InChI is InChI=1S/C11H16BNO2.BrH.3H3N/c1-9-4-5-11(12(14)15)10(8-9)6-7-13(2)3;;;;/h4-5,8H,6-7H2,1-3H3;1H;3*1H3/q-2;;;;/p+2. The van der Waals surface area contributed by atoms with Crippen LogP contribution in [0.5, 0.6) is 0 Å². The predicted molar refractivity (Wildman–Crippen MR) is 76.8 cm³/mol. The summed E-state index contributed by atoms with van der Waals surface area (Å²) in [6.07, 6.45) is 0.755. The molecule has 0 aliphatic heterocycles. The maximum Gasteiger partial charge on any atom is 0.00155 e. The first-order chi connectivity index (χ1) is 7.00. The molecule has 1 rings (SSSR count). The lowest BCUT2D eigenvalue weighted by Gasteiger charge is -2.30. The van der Waals surface area contributed by atoms with Gasteiger partial charge in [0.25, 0.3) is 0 Å². The van der Waals surface area contributed by atoms with Crippen molar-refractivity contribution >= 4 is 12.6 Å². The highest BCUT2D eigenvalue weighted by atomic mass is 79.9. The van der Waals surface area contributed by atoms with E-state index in [2.05, 4.69) is 0 Å². The maximum atomic E-state index is 10.9. The number of likely N-dealkylation sites (N-methyl/N-ethyl adjacent to an activating group) is 1. The molecule has 1 aromatic carbocycles. The third-order valence-electron chi connectivity index (χ3n) is 2.38. The topological polar surface area (TPSA) is 159 Å². The summed E-state index contributed by atoms with van der Waals surface area (Å²) in [6.45, 7) is 2.82. The van der Waals surface area contributed by atoms with Gasteiger partial charge in [-0.1, -0.05) is 36.4 Å². The van der Waals surface area contributed by atoms with Crippen LogP contribution in [0.15, 0.2) is 18.2 Å². The Morgan fingerprint density at radius 1 is 1.11 bits per heavy atom. The SMILES string of the molecule is Cc1ccc(B([O-])[O-])c(CCN(C)C)c1.[Br-].[NH4+].[NH4+].[NH4+]. The first-order valence-electron chi connectivity index (χ1n) is 5.06. The van der Waals surface area contributed by atoms with Crippen molar-refractivity contribution in [2.24, 2.45) is 0 Å². The Hall–Kier alpha value is -0.475. The lowest BCUT2D eigenvalue weighted by atomic mass is 9.76. The van der Waals surface area contributed by atoms with Crippen LogP contribution in [-0.4, -0.2) is 32.7 Å². The fraction of sp³-hybridized carbons (Fsp3) is 0.455. The van der Waals surface area contributed by atoms with Gasteiger partial charge in [-0.05, 0) is 27.4 Å². The molecule has 0 aliphatic rings. The molecule has 8 heteroatoms. The summed E-state index contributed by atoms with van der Waals surface area (Å²) in [5.41, 5.74) is 2.37. The van der Waals surface area contributed by atoms with Gasteiger partial charge in [-0.25, -0.2) is 0 Å². The number of hydrogen-bond donors (Lipinski definition) is 3. The molecule has 0 amide bonds. The number of rotatable bonds is 4. The Morgan fingerprint density at radius 3 is 2.05 bits per heavy atom. The summed E-state index contributed by atoms with van der Waals surface area (Å²) in [4.78, 5) is 2.04. The summed E-state index contributed by atoms with van der Waals surface area (Å²) in [6, 6.07) is 5.41. The number of quaternary nitrogens is 3. The monoisotopic (exact) mass is 338 g/mol. The van der Waals surface area contributed by atoms with Crippen molar-refractivity contribution in [2.75, 3.05) is 20.6 Å². The Balaban J connectivity index is -0.000000281. The van der Waals surface area contributed by atoms with E-state index in [1.807, 2.05) is 38.1 Å². The van der Waals surface area contributed by atoms with E-state index in [-0.39, 0.29) is 35.4 Å². The third-order valence-corrected chi connectivity index (χ3v) is 2.38. The maximum absolute atomic E-state index is 10.9. The molecule has 0 atom stereocenters. The van der Waals surface area contributed by atoms with Crippen molar-refractivity contribution in [3.05, 3.63) is 29.3 Å². The minimum atomic E-state index is -1.87. The van der Waals surface area contributed by atoms with Gasteiger partial charge in [-0.2, -0.15) is 0 Å². The molecule has 0 unspecified atom stereocenters. The van der Waals surface area contributed by atoms with Gasteiger partial charge in [0.1, 0.15) is 0 Å². The molecule has 0 heterocycles. The first-order valence-corrected chi connectivity index (χ1v) is 5.06. The van der Waals surface area contributed by atoms with Gasteiger partial charge in [-0.3, -0.25) is 0 Å². The lowest BCUT2D eigenvalue weighted by Crippen LogP contribution is -3.00. The molecule has 114 valence electrons. The van der Waals surface area contributed by atoms with E-state index in [4.69, 9.17) is 0 Å².